The Labute approximate surface area is 130 Å². The average molecular weight is 303 g/mol. The fourth-order valence-corrected chi connectivity index (χ4v) is 2.92. The largest absolute Gasteiger partial charge is 0.370 e. The molecule has 0 amide bonds. The van der Waals surface area contributed by atoms with Gasteiger partial charge in [0, 0.05) is 23.5 Å². The minimum atomic E-state index is 0.732. The number of anilines is 1. The van der Waals surface area contributed by atoms with Crippen LogP contribution in [0.2, 0.25) is 0 Å². The van der Waals surface area contributed by atoms with Crippen LogP contribution in [0, 0.1) is 27.7 Å². The first-order valence-corrected chi connectivity index (χ1v) is 7.90. The van der Waals surface area contributed by atoms with Gasteiger partial charge in [0.2, 0.25) is 0 Å². The van der Waals surface area contributed by atoms with Gasteiger partial charge in [0.1, 0.15) is 16.7 Å². The van der Waals surface area contributed by atoms with Crippen molar-refractivity contribution in [1.82, 2.24) is 19.9 Å². The van der Waals surface area contributed by atoms with Crippen LogP contribution < -0.4 is 5.32 Å². The second kappa shape index (κ2) is 6.85. The van der Waals surface area contributed by atoms with Crippen LogP contribution in [0.3, 0.4) is 0 Å². The Kier molecular flexibility index (Phi) is 5.12. The lowest BCUT2D eigenvalue weighted by Gasteiger charge is -2.12. The van der Waals surface area contributed by atoms with E-state index in [1.807, 2.05) is 33.8 Å². The number of hydrogen-bond donors (Lipinski definition) is 1. The van der Waals surface area contributed by atoms with Gasteiger partial charge in [-0.3, -0.25) is 0 Å². The third-order valence-electron chi connectivity index (χ3n) is 2.91. The first-order chi connectivity index (χ1) is 9.99. The summed E-state index contributed by atoms with van der Waals surface area (Å²) < 4.78 is 0. The summed E-state index contributed by atoms with van der Waals surface area (Å²) in [6.45, 7) is 10.9. The Bertz CT molecular complexity index is 622. The second-order valence-electron chi connectivity index (χ2n) is 5.01. The first kappa shape index (κ1) is 15.7. The van der Waals surface area contributed by atoms with Gasteiger partial charge in [-0.1, -0.05) is 6.92 Å². The third-order valence-corrected chi connectivity index (χ3v) is 3.86. The van der Waals surface area contributed by atoms with Crippen LogP contribution in [0.5, 0.6) is 0 Å². The van der Waals surface area contributed by atoms with E-state index in [4.69, 9.17) is 0 Å². The van der Waals surface area contributed by atoms with Crippen LogP contribution in [0.1, 0.15) is 36.1 Å². The van der Waals surface area contributed by atoms with E-state index in [1.165, 1.54) is 11.8 Å². The van der Waals surface area contributed by atoms with Crippen molar-refractivity contribution in [2.24, 2.45) is 0 Å². The third kappa shape index (κ3) is 4.14. The van der Waals surface area contributed by atoms with Gasteiger partial charge in [-0.05, 0) is 51.9 Å². The molecule has 0 saturated carbocycles. The van der Waals surface area contributed by atoms with E-state index in [-0.39, 0.29) is 0 Å². The highest BCUT2D eigenvalue weighted by atomic mass is 32.2. The molecule has 0 aromatic carbocycles. The van der Waals surface area contributed by atoms with Crippen molar-refractivity contribution >= 4 is 17.6 Å². The molecule has 0 saturated heterocycles. The van der Waals surface area contributed by atoms with E-state index in [0.29, 0.717) is 0 Å². The van der Waals surface area contributed by atoms with Gasteiger partial charge in [-0.2, -0.15) is 0 Å². The lowest BCUT2D eigenvalue weighted by Crippen LogP contribution is -2.07. The molecule has 21 heavy (non-hydrogen) atoms. The van der Waals surface area contributed by atoms with Gasteiger partial charge < -0.3 is 5.32 Å². The molecule has 1 N–H and O–H groups in total. The van der Waals surface area contributed by atoms with Crippen molar-refractivity contribution < 1.29 is 0 Å². The van der Waals surface area contributed by atoms with E-state index >= 15 is 0 Å². The number of aromatic nitrogens is 4. The minimum Gasteiger partial charge on any atom is -0.370 e. The fourth-order valence-electron chi connectivity index (χ4n) is 1.94. The zero-order valence-electron chi connectivity index (χ0n) is 13.2. The molecule has 2 heterocycles. The monoisotopic (exact) mass is 303 g/mol. The van der Waals surface area contributed by atoms with E-state index in [2.05, 4.69) is 32.2 Å². The molecule has 0 radical (unpaired) electrons. The SMILES string of the molecule is CCCNc1nc(C)nc(Sc2nc(C)cc(C)n2)c1C. The van der Waals surface area contributed by atoms with Gasteiger partial charge in [-0.25, -0.2) is 19.9 Å². The molecule has 0 aliphatic carbocycles. The lowest BCUT2D eigenvalue weighted by molar-refractivity contribution is 0.882. The maximum Gasteiger partial charge on any atom is 0.194 e. The fraction of sp³-hybridized carbons (Fsp3) is 0.467. The smallest absolute Gasteiger partial charge is 0.194 e. The summed E-state index contributed by atoms with van der Waals surface area (Å²) in [6, 6.07) is 1.97. The van der Waals surface area contributed by atoms with Gasteiger partial charge in [-0.15, -0.1) is 0 Å². The molecule has 0 fully saturated rings. The van der Waals surface area contributed by atoms with Crippen LogP contribution in [-0.2, 0) is 0 Å². The Morgan fingerprint density at radius 2 is 1.67 bits per heavy atom. The Hall–Kier alpha value is -1.69. The first-order valence-electron chi connectivity index (χ1n) is 7.09. The summed E-state index contributed by atoms with van der Waals surface area (Å²) in [6.07, 6.45) is 1.06. The summed E-state index contributed by atoms with van der Waals surface area (Å²) in [5, 5.41) is 4.99. The number of hydrogen-bond acceptors (Lipinski definition) is 6. The second-order valence-corrected chi connectivity index (χ2v) is 5.97. The number of nitrogens with zero attached hydrogens (tertiary/aromatic N) is 4. The van der Waals surface area contributed by atoms with E-state index in [1.54, 1.807) is 0 Å². The predicted molar refractivity (Wildman–Crippen MR) is 85.9 cm³/mol. The molecule has 0 aliphatic rings. The molecule has 0 spiro atoms. The molecule has 0 atom stereocenters. The van der Waals surface area contributed by atoms with Crippen molar-refractivity contribution in [2.45, 2.75) is 51.2 Å². The Morgan fingerprint density at radius 3 is 2.29 bits per heavy atom. The van der Waals surface area contributed by atoms with Gasteiger partial charge in [0.15, 0.2) is 5.16 Å². The zero-order valence-corrected chi connectivity index (χ0v) is 14.0. The van der Waals surface area contributed by atoms with Crippen LogP contribution in [0.15, 0.2) is 16.2 Å². The molecule has 2 aromatic rings. The molecule has 0 aliphatic heterocycles. The quantitative estimate of drug-likeness (QED) is 0.674. The lowest BCUT2D eigenvalue weighted by atomic mass is 10.3. The summed E-state index contributed by atoms with van der Waals surface area (Å²) in [7, 11) is 0. The van der Waals surface area contributed by atoms with E-state index in [9.17, 15) is 0 Å². The molecular weight excluding hydrogens is 282 g/mol. The molecule has 0 unspecified atom stereocenters. The number of aryl methyl sites for hydroxylation is 3. The highest BCUT2D eigenvalue weighted by molar-refractivity contribution is 7.99. The minimum absolute atomic E-state index is 0.732. The maximum atomic E-state index is 4.53. The maximum absolute atomic E-state index is 4.53. The number of nitrogens with one attached hydrogen (secondary N) is 1. The molecule has 2 rings (SSSR count). The van der Waals surface area contributed by atoms with Crippen LogP contribution in [0.4, 0.5) is 5.82 Å². The zero-order chi connectivity index (χ0) is 15.4. The van der Waals surface area contributed by atoms with Crippen molar-refractivity contribution in [1.29, 1.82) is 0 Å². The summed E-state index contributed by atoms with van der Waals surface area (Å²) in [4.78, 5) is 17.9. The average Bonchev–Trinajstić information content (AvgIpc) is 2.39. The van der Waals surface area contributed by atoms with Crippen LogP contribution in [-0.4, -0.2) is 26.5 Å². The Balaban J connectivity index is 2.32. The highest BCUT2D eigenvalue weighted by Gasteiger charge is 2.12. The van der Waals surface area contributed by atoms with Crippen molar-refractivity contribution in [3.63, 3.8) is 0 Å². The van der Waals surface area contributed by atoms with Crippen molar-refractivity contribution in [3.8, 4) is 0 Å². The summed E-state index contributed by atoms with van der Waals surface area (Å²) in [5.41, 5.74) is 2.98. The summed E-state index contributed by atoms with van der Waals surface area (Å²) >= 11 is 1.49. The normalized spacial score (nSPS) is 10.7. The van der Waals surface area contributed by atoms with Gasteiger partial charge in [0.25, 0.3) is 0 Å². The van der Waals surface area contributed by atoms with Crippen LogP contribution >= 0.6 is 11.8 Å². The van der Waals surface area contributed by atoms with Gasteiger partial charge in [0.05, 0.1) is 0 Å². The topological polar surface area (TPSA) is 63.6 Å². The Morgan fingerprint density at radius 1 is 1.00 bits per heavy atom. The van der Waals surface area contributed by atoms with Crippen LogP contribution in [0.25, 0.3) is 0 Å². The van der Waals surface area contributed by atoms with Crippen molar-refractivity contribution in [3.05, 3.63) is 28.8 Å². The van der Waals surface area contributed by atoms with E-state index < -0.39 is 0 Å². The molecule has 2 aromatic heterocycles. The molecule has 112 valence electrons. The van der Waals surface area contributed by atoms with Gasteiger partial charge >= 0.3 is 0 Å². The molecule has 0 bridgehead atoms. The summed E-state index contributed by atoms with van der Waals surface area (Å²) in [5.74, 6) is 1.65. The molecule has 5 nitrogen and oxygen atoms in total. The van der Waals surface area contributed by atoms with E-state index in [0.717, 1.165) is 51.7 Å². The van der Waals surface area contributed by atoms with Crippen molar-refractivity contribution in [2.75, 3.05) is 11.9 Å². The molecular formula is C15H21N5S. The number of rotatable bonds is 5. The highest BCUT2D eigenvalue weighted by Crippen LogP contribution is 2.29. The predicted octanol–water partition coefficient (Wildman–Crippen LogP) is 3.47. The standard InChI is InChI=1S/C15H21N5S/c1-6-7-16-13-11(4)14(20-12(5)19-13)21-15-17-9(2)8-10(3)18-15/h8H,6-7H2,1-5H3,(H,16,19,20). The molecule has 6 heteroatoms.